The van der Waals surface area contributed by atoms with E-state index in [0.717, 1.165) is 0 Å². The van der Waals surface area contributed by atoms with Gasteiger partial charge in [-0.25, -0.2) is 4.39 Å². The molecule has 5 heteroatoms. The van der Waals surface area contributed by atoms with Crippen LogP contribution in [0.15, 0.2) is 18.2 Å². The fraction of sp³-hybridized carbons (Fsp3) is 0.385. The summed E-state index contributed by atoms with van der Waals surface area (Å²) >= 11 is 0. The molecule has 0 aliphatic heterocycles. The van der Waals surface area contributed by atoms with Gasteiger partial charge in [-0.1, -0.05) is 13.8 Å². The van der Waals surface area contributed by atoms with Gasteiger partial charge in [0.25, 0.3) is 0 Å². The van der Waals surface area contributed by atoms with E-state index >= 15 is 0 Å². The SMILES string of the molecule is CC(C)CNC(=O)CNc1ccc(C#N)c(F)c1. The summed E-state index contributed by atoms with van der Waals surface area (Å²) in [4.78, 5) is 11.4. The average molecular weight is 249 g/mol. The number of hydrogen-bond donors (Lipinski definition) is 2. The molecule has 4 nitrogen and oxygen atoms in total. The first-order valence-corrected chi connectivity index (χ1v) is 5.73. The zero-order valence-corrected chi connectivity index (χ0v) is 10.5. The molecule has 0 aromatic heterocycles. The van der Waals surface area contributed by atoms with Crippen molar-refractivity contribution in [2.45, 2.75) is 13.8 Å². The van der Waals surface area contributed by atoms with Gasteiger partial charge in [0, 0.05) is 12.2 Å². The molecule has 0 fully saturated rings. The maximum atomic E-state index is 13.3. The van der Waals surface area contributed by atoms with Gasteiger partial charge in [-0.2, -0.15) is 5.26 Å². The Kier molecular flexibility index (Phi) is 5.12. The Bertz CT molecular complexity index is 466. The quantitative estimate of drug-likeness (QED) is 0.837. The number of nitriles is 1. The summed E-state index contributed by atoms with van der Waals surface area (Å²) in [6.45, 7) is 4.70. The molecule has 0 spiro atoms. The normalized spacial score (nSPS) is 9.94. The molecule has 0 aliphatic carbocycles. The highest BCUT2D eigenvalue weighted by Gasteiger charge is 2.05. The molecule has 1 aromatic rings. The van der Waals surface area contributed by atoms with Crippen LogP contribution >= 0.6 is 0 Å². The van der Waals surface area contributed by atoms with Crippen LogP contribution in [-0.2, 0) is 4.79 Å². The number of carbonyl (C=O) groups is 1. The van der Waals surface area contributed by atoms with Crippen LogP contribution in [0.3, 0.4) is 0 Å². The van der Waals surface area contributed by atoms with Crippen LogP contribution in [0.5, 0.6) is 0 Å². The molecule has 1 rings (SSSR count). The minimum absolute atomic E-state index is 0.00944. The molecule has 18 heavy (non-hydrogen) atoms. The van der Waals surface area contributed by atoms with Crippen LogP contribution in [0.25, 0.3) is 0 Å². The minimum Gasteiger partial charge on any atom is -0.376 e. The van der Waals surface area contributed by atoms with Gasteiger partial charge in [0.2, 0.25) is 5.91 Å². The van der Waals surface area contributed by atoms with Crippen molar-refractivity contribution in [3.05, 3.63) is 29.6 Å². The maximum absolute atomic E-state index is 13.3. The van der Waals surface area contributed by atoms with Crippen molar-refractivity contribution >= 4 is 11.6 Å². The molecular formula is C13H16FN3O. The van der Waals surface area contributed by atoms with Crippen molar-refractivity contribution in [2.75, 3.05) is 18.4 Å². The molecule has 2 N–H and O–H groups in total. The fourth-order valence-electron chi connectivity index (χ4n) is 1.28. The summed E-state index contributed by atoms with van der Waals surface area (Å²) in [5, 5.41) is 14.1. The molecule has 0 saturated carbocycles. The smallest absolute Gasteiger partial charge is 0.239 e. The lowest BCUT2D eigenvalue weighted by Crippen LogP contribution is -2.32. The Labute approximate surface area is 106 Å². The van der Waals surface area contributed by atoms with Crippen LogP contribution in [0.2, 0.25) is 0 Å². The monoisotopic (exact) mass is 249 g/mol. The second-order valence-corrected chi connectivity index (χ2v) is 4.36. The summed E-state index contributed by atoms with van der Waals surface area (Å²) in [6, 6.07) is 5.89. The number of hydrogen-bond acceptors (Lipinski definition) is 3. The molecule has 0 saturated heterocycles. The second-order valence-electron chi connectivity index (χ2n) is 4.36. The largest absolute Gasteiger partial charge is 0.376 e. The zero-order chi connectivity index (χ0) is 13.5. The lowest BCUT2D eigenvalue weighted by atomic mass is 10.2. The van der Waals surface area contributed by atoms with Crippen molar-refractivity contribution in [2.24, 2.45) is 5.92 Å². The van der Waals surface area contributed by atoms with Crippen LogP contribution in [0.4, 0.5) is 10.1 Å². The number of nitrogens with zero attached hydrogens (tertiary/aromatic N) is 1. The first kappa shape index (κ1) is 14.0. The Morgan fingerprint density at radius 1 is 1.50 bits per heavy atom. The predicted octanol–water partition coefficient (Wildman–Crippen LogP) is 1.88. The van der Waals surface area contributed by atoms with E-state index in [1.165, 1.54) is 12.1 Å². The molecule has 0 atom stereocenters. The highest BCUT2D eigenvalue weighted by Crippen LogP contribution is 2.13. The van der Waals surface area contributed by atoms with Gasteiger partial charge in [0.1, 0.15) is 11.9 Å². The first-order chi connectivity index (χ1) is 8.52. The third-order valence-corrected chi connectivity index (χ3v) is 2.25. The van der Waals surface area contributed by atoms with Gasteiger partial charge in [-0.05, 0) is 24.1 Å². The van der Waals surface area contributed by atoms with E-state index in [2.05, 4.69) is 10.6 Å². The van der Waals surface area contributed by atoms with Gasteiger partial charge >= 0.3 is 0 Å². The van der Waals surface area contributed by atoms with Crippen LogP contribution in [0, 0.1) is 23.1 Å². The van der Waals surface area contributed by atoms with E-state index in [1.54, 1.807) is 12.1 Å². The van der Waals surface area contributed by atoms with E-state index in [0.29, 0.717) is 18.2 Å². The molecule has 0 radical (unpaired) electrons. The molecule has 1 amide bonds. The number of amides is 1. The molecule has 0 aliphatic rings. The van der Waals surface area contributed by atoms with E-state index in [1.807, 2.05) is 13.8 Å². The first-order valence-electron chi connectivity index (χ1n) is 5.73. The lowest BCUT2D eigenvalue weighted by molar-refractivity contribution is -0.119. The topological polar surface area (TPSA) is 64.9 Å². The van der Waals surface area contributed by atoms with Crippen LogP contribution in [0.1, 0.15) is 19.4 Å². The number of anilines is 1. The van der Waals surface area contributed by atoms with Gasteiger partial charge in [-0.3, -0.25) is 4.79 Å². The Balaban J connectivity index is 2.47. The minimum atomic E-state index is -0.593. The van der Waals surface area contributed by atoms with Crippen molar-refractivity contribution in [3.8, 4) is 6.07 Å². The van der Waals surface area contributed by atoms with Crippen LogP contribution in [-0.4, -0.2) is 19.0 Å². The van der Waals surface area contributed by atoms with Gasteiger partial charge in [-0.15, -0.1) is 0 Å². The Hall–Kier alpha value is -2.09. The summed E-state index contributed by atoms with van der Waals surface area (Å²) in [7, 11) is 0. The van der Waals surface area contributed by atoms with Crippen molar-refractivity contribution in [1.29, 1.82) is 5.26 Å². The third kappa shape index (κ3) is 4.42. The Morgan fingerprint density at radius 3 is 2.78 bits per heavy atom. The summed E-state index contributed by atoms with van der Waals surface area (Å²) in [5.74, 6) is -0.347. The molecule has 0 unspecified atom stereocenters. The van der Waals surface area contributed by atoms with Gasteiger partial charge in [0.15, 0.2) is 0 Å². The highest BCUT2D eigenvalue weighted by molar-refractivity contribution is 5.80. The van der Waals surface area contributed by atoms with Gasteiger partial charge < -0.3 is 10.6 Å². The predicted molar refractivity (Wildman–Crippen MR) is 67.5 cm³/mol. The molecule has 96 valence electrons. The summed E-state index contributed by atoms with van der Waals surface area (Å²) in [5.41, 5.74) is 0.469. The van der Waals surface area contributed by atoms with E-state index in [9.17, 15) is 9.18 Å². The summed E-state index contributed by atoms with van der Waals surface area (Å²) < 4.78 is 13.3. The molecule has 0 bridgehead atoms. The number of halogens is 1. The maximum Gasteiger partial charge on any atom is 0.239 e. The zero-order valence-electron chi connectivity index (χ0n) is 10.5. The fourth-order valence-corrected chi connectivity index (χ4v) is 1.28. The van der Waals surface area contributed by atoms with E-state index in [4.69, 9.17) is 5.26 Å². The van der Waals surface area contributed by atoms with E-state index < -0.39 is 5.82 Å². The number of nitrogens with one attached hydrogen (secondary N) is 2. The second kappa shape index (κ2) is 6.60. The number of rotatable bonds is 5. The van der Waals surface area contributed by atoms with Gasteiger partial charge in [0.05, 0.1) is 12.1 Å². The molecular weight excluding hydrogens is 233 g/mol. The standard InChI is InChI=1S/C13H16FN3O/c1-9(2)7-17-13(18)8-16-11-4-3-10(6-15)12(14)5-11/h3-5,9,16H,7-8H2,1-2H3,(H,17,18). The van der Waals surface area contributed by atoms with Crippen molar-refractivity contribution in [1.82, 2.24) is 5.32 Å². The number of benzene rings is 1. The summed E-state index contributed by atoms with van der Waals surface area (Å²) in [6.07, 6.45) is 0. The Morgan fingerprint density at radius 2 is 2.22 bits per heavy atom. The molecule has 0 heterocycles. The van der Waals surface area contributed by atoms with Crippen molar-refractivity contribution in [3.63, 3.8) is 0 Å². The number of carbonyl (C=O) groups excluding carboxylic acids is 1. The van der Waals surface area contributed by atoms with E-state index in [-0.39, 0.29) is 18.0 Å². The average Bonchev–Trinajstić information content (AvgIpc) is 2.34. The lowest BCUT2D eigenvalue weighted by Gasteiger charge is -2.09. The van der Waals surface area contributed by atoms with Crippen LogP contribution < -0.4 is 10.6 Å². The third-order valence-electron chi connectivity index (χ3n) is 2.25. The highest BCUT2D eigenvalue weighted by atomic mass is 19.1. The van der Waals surface area contributed by atoms with Crippen molar-refractivity contribution < 1.29 is 9.18 Å². The molecule has 1 aromatic carbocycles.